The summed E-state index contributed by atoms with van der Waals surface area (Å²) in [5, 5.41) is 35.7. The van der Waals surface area contributed by atoms with Crippen LogP contribution in [-0.4, -0.2) is 72.5 Å². The van der Waals surface area contributed by atoms with Crippen LogP contribution in [0.15, 0.2) is 48.8 Å². The number of carbonyl (C=O) groups is 4. The van der Waals surface area contributed by atoms with Crippen molar-refractivity contribution in [1.82, 2.24) is 20.6 Å². The van der Waals surface area contributed by atoms with Gasteiger partial charge in [0.15, 0.2) is 0 Å². The molecule has 4 rings (SSSR count). The third-order valence-corrected chi connectivity index (χ3v) is 6.58. The Hall–Kier alpha value is -5.80. The predicted molar refractivity (Wildman–Crippen MR) is 177 cm³/mol. The molecule has 0 unspecified atom stereocenters. The Kier molecular flexibility index (Phi) is 11.3. The van der Waals surface area contributed by atoms with Crippen molar-refractivity contribution >= 4 is 57.3 Å². The third-order valence-electron chi connectivity index (χ3n) is 6.58. The van der Waals surface area contributed by atoms with E-state index in [2.05, 4.69) is 20.6 Å². The highest BCUT2D eigenvalue weighted by atomic mass is 16.6. The third kappa shape index (κ3) is 10.6. The molecule has 2 heterocycles. The van der Waals surface area contributed by atoms with Crippen LogP contribution < -0.4 is 16.4 Å². The highest BCUT2D eigenvalue weighted by Gasteiger charge is 2.26. The number of non-ortho nitro benzene ring substituents is 1. The molecule has 4 aromatic rings. The molecule has 0 spiro atoms. The van der Waals surface area contributed by atoms with Gasteiger partial charge in [-0.2, -0.15) is 0 Å². The zero-order valence-electron chi connectivity index (χ0n) is 27.4. The number of aromatic amines is 2. The zero-order valence-corrected chi connectivity index (χ0v) is 27.4. The number of aromatic nitrogens is 2. The number of nitro groups is 1. The molecule has 2 aromatic heterocycles. The number of alkyl carbamates (subject to hydrolysis) is 2. The van der Waals surface area contributed by atoms with E-state index in [9.17, 15) is 39.5 Å². The van der Waals surface area contributed by atoms with Gasteiger partial charge in [-0.1, -0.05) is 6.07 Å². The lowest BCUT2D eigenvalue weighted by atomic mass is 10.0. The van der Waals surface area contributed by atoms with Crippen LogP contribution in [0.5, 0.6) is 0 Å². The molecule has 0 fully saturated rings. The minimum atomic E-state index is -1.21. The van der Waals surface area contributed by atoms with Crippen molar-refractivity contribution in [2.45, 2.75) is 77.7 Å². The number of ether oxygens (including phenoxy) is 2. The molecule has 0 bridgehead atoms. The second-order valence-electron chi connectivity index (χ2n) is 12.9. The standard InChI is InChI=1S/C16H19N3O6.C16H21N3O4/c1-16(2,3)25-15(22)18-13(14(20)21)6-9-8-17-12-7-10(19(23)24)4-5-11(9)12;1-16(2,3)23-15(22)19-13(14(20)21)6-9-8-18-12-7-10(17)4-5-11(9)12/h4-5,7-8,13,17H,6H2,1-3H3,(H,18,22)(H,20,21);4-5,7-8,13,18H,6,17H2,1-3H3,(H,19,22)(H,20,21)/t2*13-/m00/s1. The number of H-pyrrole nitrogens is 2. The predicted octanol–water partition coefficient (Wildman–Crippen LogP) is 4.87. The van der Waals surface area contributed by atoms with Gasteiger partial charge < -0.3 is 46.0 Å². The van der Waals surface area contributed by atoms with Crippen LogP contribution in [0.4, 0.5) is 21.0 Å². The van der Waals surface area contributed by atoms with Gasteiger partial charge in [-0.15, -0.1) is 0 Å². The van der Waals surface area contributed by atoms with Crippen LogP contribution in [0.3, 0.4) is 0 Å². The summed E-state index contributed by atoms with van der Waals surface area (Å²) >= 11 is 0. The first kappa shape index (κ1) is 36.7. The van der Waals surface area contributed by atoms with Gasteiger partial charge in [-0.3, -0.25) is 10.1 Å². The van der Waals surface area contributed by atoms with Crippen molar-refractivity contribution < 1.29 is 43.8 Å². The molecule has 16 heteroatoms. The number of nitrogen functional groups attached to an aromatic ring is 1. The molecule has 0 aliphatic heterocycles. The Bertz CT molecular complexity index is 1820. The van der Waals surface area contributed by atoms with Gasteiger partial charge in [0.2, 0.25) is 0 Å². The van der Waals surface area contributed by atoms with Gasteiger partial charge >= 0.3 is 24.1 Å². The first-order valence-corrected chi connectivity index (χ1v) is 14.8. The minimum Gasteiger partial charge on any atom is -0.480 e. The monoisotopic (exact) mass is 668 g/mol. The normalized spacial score (nSPS) is 12.7. The summed E-state index contributed by atoms with van der Waals surface area (Å²) < 4.78 is 10.2. The smallest absolute Gasteiger partial charge is 0.408 e. The van der Waals surface area contributed by atoms with Gasteiger partial charge in [0.05, 0.1) is 10.4 Å². The SMILES string of the molecule is CC(C)(C)OC(=O)N[C@@H](Cc1c[nH]c2cc(N)ccc12)C(=O)O.CC(C)(C)OC(=O)N[C@@H](Cc1c[nH]c2cc([N+](=O)[O-])ccc12)C(=O)O. The fraction of sp³-hybridized carbons (Fsp3) is 0.375. The molecular weight excluding hydrogens is 628 g/mol. The highest BCUT2D eigenvalue weighted by molar-refractivity contribution is 5.88. The second-order valence-corrected chi connectivity index (χ2v) is 12.9. The molecule has 258 valence electrons. The lowest BCUT2D eigenvalue weighted by molar-refractivity contribution is -0.384. The van der Waals surface area contributed by atoms with Crippen molar-refractivity contribution in [3.05, 3.63) is 70.0 Å². The van der Waals surface area contributed by atoms with E-state index >= 15 is 0 Å². The first-order valence-electron chi connectivity index (χ1n) is 14.8. The summed E-state index contributed by atoms with van der Waals surface area (Å²) in [6.45, 7) is 10.2. The molecule has 0 aliphatic carbocycles. The second kappa shape index (κ2) is 14.7. The topological polar surface area (TPSA) is 252 Å². The highest BCUT2D eigenvalue weighted by Crippen LogP contribution is 2.25. The molecule has 48 heavy (non-hydrogen) atoms. The lowest BCUT2D eigenvalue weighted by Crippen LogP contribution is -2.44. The summed E-state index contributed by atoms with van der Waals surface area (Å²) in [6, 6.07) is 7.33. The number of fused-ring (bicyclic) bond motifs is 2. The number of nitrogens with one attached hydrogen (secondary N) is 4. The fourth-order valence-electron chi connectivity index (χ4n) is 4.57. The van der Waals surface area contributed by atoms with Crippen LogP contribution in [0.25, 0.3) is 21.8 Å². The number of nitro benzene ring substituents is 1. The minimum absolute atomic E-state index is 0.00634. The molecular formula is C32H40N6O10. The van der Waals surface area contributed by atoms with E-state index in [0.29, 0.717) is 22.2 Å². The van der Waals surface area contributed by atoms with E-state index in [0.717, 1.165) is 16.5 Å². The maximum Gasteiger partial charge on any atom is 0.408 e. The van der Waals surface area contributed by atoms with Gasteiger partial charge in [0.25, 0.3) is 5.69 Å². The number of nitrogens with two attached hydrogens (primary N) is 1. The largest absolute Gasteiger partial charge is 0.480 e. The Balaban J connectivity index is 0.000000261. The summed E-state index contributed by atoms with van der Waals surface area (Å²) in [6.07, 6.45) is 1.85. The van der Waals surface area contributed by atoms with Crippen molar-refractivity contribution in [3.8, 4) is 0 Å². The van der Waals surface area contributed by atoms with Crippen molar-refractivity contribution in [2.24, 2.45) is 0 Å². The summed E-state index contributed by atoms with van der Waals surface area (Å²) in [5.74, 6) is -2.33. The molecule has 2 atom stereocenters. The van der Waals surface area contributed by atoms with Gasteiger partial charge in [0.1, 0.15) is 23.3 Å². The van der Waals surface area contributed by atoms with E-state index in [1.807, 2.05) is 6.07 Å². The zero-order chi connectivity index (χ0) is 36.0. The molecule has 2 amide bonds. The molecule has 0 radical (unpaired) electrons. The first-order chi connectivity index (χ1) is 22.2. The molecule has 16 nitrogen and oxygen atoms in total. The molecule has 0 saturated heterocycles. The number of aliphatic carboxylic acids is 2. The summed E-state index contributed by atoms with van der Waals surface area (Å²) in [4.78, 5) is 62.7. The number of hydrogen-bond acceptors (Lipinski definition) is 9. The van der Waals surface area contributed by atoms with Crippen LogP contribution in [0.1, 0.15) is 52.7 Å². The van der Waals surface area contributed by atoms with Gasteiger partial charge in [-0.25, -0.2) is 19.2 Å². The number of carboxylic acids is 2. The number of rotatable bonds is 9. The number of carboxylic acid groups (broad SMARTS) is 2. The maximum absolute atomic E-state index is 11.8. The van der Waals surface area contributed by atoms with Crippen molar-refractivity contribution in [1.29, 1.82) is 0 Å². The van der Waals surface area contributed by atoms with E-state index in [1.165, 1.54) is 12.1 Å². The molecule has 0 aliphatic rings. The number of hydrogen-bond donors (Lipinski definition) is 7. The Morgan fingerprint density at radius 3 is 1.60 bits per heavy atom. The van der Waals surface area contributed by atoms with Gasteiger partial charge in [0, 0.05) is 59.3 Å². The van der Waals surface area contributed by atoms with Crippen molar-refractivity contribution in [2.75, 3.05) is 5.73 Å². The van der Waals surface area contributed by atoms with E-state index in [1.54, 1.807) is 72.1 Å². The Morgan fingerprint density at radius 2 is 1.21 bits per heavy atom. The van der Waals surface area contributed by atoms with Gasteiger partial charge in [-0.05, 0) is 70.9 Å². The fourth-order valence-corrected chi connectivity index (χ4v) is 4.57. The van der Waals surface area contributed by atoms with Crippen LogP contribution in [0, 0.1) is 10.1 Å². The Labute approximate surface area is 275 Å². The van der Waals surface area contributed by atoms with Crippen LogP contribution in [0.2, 0.25) is 0 Å². The number of amides is 2. The quantitative estimate of drug-likeness (QED) is 0.0719. The van der Waals surface area contributed by atoms with Crippen LogP contribution >= 0.6 is 0 Å². The number of benzene rings is 2. The van der Waals surface area contributed by atoms with E-state index < -0.39 is 52.3 Å². The van der Waals surface area contributed by atoms with Crippen LogP contribution in [-0.2, 0) is 31.9 Å². The summed E-state index contributed by atoms with van der Waals surface area (Å²) in [7, 11) is 0. The number of carbonyl (C=O) groups excluding carboxylic acids is 2. The maximum atomic E-state index is 11.8. The molecule has 2 aromatic carbocycles. The number of anilines is 1. The molecule has 0 saturated carbocycles. The number of nitrogens with zero attached hydrogens (tertiary/aromatic N) is 1. The summed E-state index contributed by atoms with van der Waals surface area (Å²) in [5.41, 5.74) is 7.58. The van der Waals surface area contributed by atoms with E-state index in [4.69, 9.17) is 15.2 Å². The Morgan fingerprint density at radius 1 is 0.792 bits per heavy atom. The average molecular weight is 669 g/mol. The molecule has 8 N–H and O–H groups in total. The lowest BCUT2D eigenvalue weighted by Gasteiger charge is -2.22. The van der Waals surface area contributed by atoms with Crippen molar-refractivity contribution in [3.63, 3.8) is 0 Å². The van der Waals surface area contributed by atoms with E-state index in [-0.39, 0.29) is 18.5 Å². The average Bonchev–Trinajstić information content (AvgIpc) is 3.53.